The largest absolute Gasteiger partial charge is 0.348 e. The lowest BCUT2D eigenvalue weighted by Crippen LogP contribution is -2.23. The molecule has 3 rings (SSSR count). The minimum Gasteiger partial charge on any atom is -0.348 e. The van der Waals surface area contributed by atoms with Gasteiger partial charge in [-0.15, -0.1) is 0 Å². The van der Waals surface area contributed by atoms with Crippen LogP contribution in [0.25, 0.3) is 11.3 Å². The van der Waals surface area contributed by atoms with E-state index in [0.29, 0.717) is 12.1 Å². The number of pyridine rings is 2. The third kappa shape index (κ3) is 3.84. The van der Waals surface area contributed by atoms with Crippen LogP contribution < -0.4 is 5.32 Å². The Hall–Kier alpha value is -3.01. The van der Waals surface area contributed by atoms with Gasteiger partial charge < -0.3 is 5.32 Å². The topological polar surface area (TPSA) is 54.9 Å². The van der Waals surface area contributed by atoms with E-state index in [1.165, 1.54) is 0 Å². The Morgan fingerprint density at radius 1 is 0.958 bits per heavy atom. The van der Waals surface area contributed by atoms with Crippen molar-refractivity contribution in [2.75, 3.05) is 0 Å². The molecule has 0 aliphatic heterocycles. The molecule has 24 heavy (non-hydrogen) atoms. The summed E-state index contributed by atoms with van der Waals surface area (Å²) in [5.74, 6) is -0.0657. The Kier molecular flexibility index (Phi) is 4.66. The number of carbonyl (C=O) groups excluding carboxylic acids is 1. The monoisotopic (exact) mass is 317 g/mol. The molecule has 0 fully saturated rings. The molecule has 0 aliphatic carbocycles. The third-order valence-electron chi connectivity index (χ3n) is 3.74. The van der Waals surface area contributed by atoms with Gasteiger partial charge in [0.05, 0.1) is 5.69 Å². The summed E-state index contributed by atoms with van der Waals surface area (Å²) in [7, 11) is 0. The molecule has 0 bridgehead atoms. The van der Waals surface area contributed by atoms with Gasteiger partial charge in [-0.2, -0.15) is 0 Å². The molecule has 0 radical (unpaired) electrons. The van der Waals surface area contributed by atoms with Crippen molar-refractivity contribution in [3.63, 3.8) is 0 Å². The van der Waals surface area contributed by atoms with Crippen molar-refractivity contribution in [1.82, 2.24) is 15.3 Å². The molecule has 1 aromatic carbocycles. The fourth-order valence-corrected chi connectivity index (χ4v) is 2.65. The fourth-order valence-electron chi connectivity index (χ4n) is 2.65. The van der Waals surface area contributed by atoms with Gasteiger partial charge in [0, 0.05) is 36.3 Å². The number of nitrogens with one attached hydrogen (secondary N) is 1. The van der Waals surface area contributed by atoms with Crippen molar-refractivity contribution < 1.29 is 4.79 Å². The standard InChI is InChI=1S/C20H19N3O/c1-14-9-15(2)11-18(10-14)20(24)23-13-16-3-8-22-19(12-16)17-4-6-21-7-5-17/h3-12H,13H2,1-2H3,(H,23,24). The van der Waals surface area contributed by atoms with Crippen molar-refractivity contribution in [2.24, 2.45) is 0 Å². The van der Waals surface area contributed by atoms with Gasteiger partial charge in [0.1, 0.15) is 0 Å². The number of hydrogen-bond donors (Lipinski definition) is 1. The summed E-state index contributed by atoms with van der Waals surface area (Å²) in [6.07, 6.45) is 5.24. The van der Waals surface area contributed by atoms with E-state index in [0.717, 1.165) is 27.9 Å². The first-order valence-corrected chi connectivity index (χ1v) is 7.83. The molecule has 1 amide bonds. The van der Waals surface area contributed by atoms with E-state index in [9.17, 15) is 4.79 Å². The summed E-state index contributed by atoms with van der Waals surface area (Å²) >= 11 is 0. The van der Waals surface area contributed by atoms with Crippen molar-refractivity contribution in [1.29, 1.82) is 0 Å². The summed E-state index contributed by atoms with van der Waals surface area (Å²) in [4.78, 5) is 20.7. The normalized spacial score (nSPS) is 10.4. The van der Waals surface area contributed by atoms with Gasteiger partial charge >= 0.3 is 0 Å². The third-order valence-corrected chi connectivity index (χ3v) is 3.74. The van der Waals surface area contributed by atoms with E-state index in [1.807, 2.05) is 50.2 Å². The molecule has 1 N–H and O–H groups in total. The van der Waals surface area contributed by atoms with Gasteiger partial charge in [0.2, 0.25) is 0 Å². The van der Waals surface area contributed by atoms with Crippen LogP contribution in [0.15, 0.2) is 61.1 Å². The van der Waals surface area contributed by atoms with Crippen LogP contribution in [-0.2, 0) is 6.54 Å². The van der Waals surface area contributed by atoms with E-state index in [2.05, 4.69) is 21.4 Å². The Labute approximate surface area is 141 Å². The number of amides is 1. The molecule has 0 aliphatic rings. The SMILES string of the molecule is Cc1cc(C)cc(C(=O)NCc2ccnc(-c3ccncc3)c2)c1. The molecular formula is C20H19N3O. The summed E-state index contributed by atoms with van der Waals surface area (Å²) in [6, 6.07) is 13.6. The maximum atomic E-state index is 12.3. The summed E-state index contributed by atoms with van der Waals surface area (Å²) in [5.41, 5.74) is 5.75. The fraction of sp³-hybridized carbons (Fsp3) is 0.150. The molecule has 2 heterocycles. The molecule has 4 heteroatoms. The average Bonchev–Trinajstić information content (AvgIpc) is 2.60. The van der Waals surface area contributed by atoms with Crippen LogP contribution in [0.4, 0.5) is 0 Å². The Morgan fingerprint density at radius 2 is 1.67 bits per heavy atom. The van der Waals surface area contributed by atoms with E-state index in [4.69, 9.17) is 0 Å². The predicted molar refractivity (Wildman–Crippen MR) is 94.6 cm³/mol. The van der Waals surface area contributed by atoms with Crippen LogP contribution in [0, 0.1) is 13.8 Å². The predicted octanol–water partition coefficient (Wildman–Crippen LogP) is 3.69. The second-order valence-electron chi connectivity index (χ2n) is 5.84. The van der Waals surface area contributed by atoms with Crippen molar-refractivity contribution >= 4 is 5.91 Å². The smallest absolute Gasteiger partial charge is 0.251 e. The summed E-state index contributed by atoms with van der Waals surface area (Å²) in [5, 5.41) is 2.97. The van der Waals surface area contributed by atoms with Gasteiger partial charge in [-0.3, -0.25) is 14.8 Å². The lowest BCUT2D eigenvalue weighted by atomic mass is 10.1. The average molecular weight is 317 g/mol. The number of nitrogens with zero attached hydrogens (tertiary/aromatic N) is 2. The van der Waals surface area contributed by atoms with Gasteiger partial charge in [0.15, 0.2) is 0 Å². The van der Waals surface area contributed by atoms with Crippen molar-refractivity contribution in [2.45, 2.75) is 20.4 Å². The molecule has 0 spiro atoms. The van der Waals surface area contributed by atoms with Gasteiger partial charge in [-0.05, 0) is 55.8 Å². The van der Waals surface area contributed by atoms with Gasteiger partial charge in [0.25, 0.3) is 5.91 Å². The van der Waals surface area contributed by atoms with E-state index in [-0.39, 0.29) is 5.91 Å². The zero-order valence-electron chi connectivity index (χ0n) is 13.8. The lowest BCUT2D eigenvalue weighted by Gasteiger charge is -2.08. The molecule has 0 atom stereocenters. The highest BCUT2D eigenvalue weighted by atomic mass is 16.1. The number of aromatic nitrogens is 2. The lowest BCUT2D eigenvalue weighted by molar-refractivity contribution is 0.0950. The van der Waals surface area contributed by atoms with Crippen molar-refractivity contribution in [3.05, 3.63) is 83.3 Å². The molecular weight excluding hydrogens is 298 g/mol. The van der Waals surface area contributed by atoms with E-state index in [1.54, 1.807) is 18.6 Å². The second-order valence-corrected chi connectivity index (χ2v) is 5.84. The number of aryl methyl sites for hydroxylation is 2. The quantitative estimate of drug-likeness (QED) is 0.798. The summed E-state index contributed by atoms with van der Waals surface area (Å²) in [6.45, 7) is 4.45. The minimum absolute atomic E-state index is 0.0657. The van der Waals surface area contributed by atoms with Gasteiger partial charge in [-0.25, -0.2) is 0 Å². The van der Waals surface area contributed by atoms with Gasteiger partial charge in [-0.1, -0.05) is 17.2 Å². The maximum absolute atomic E-state index is 12.3. The molecule has 2 aromatic heterocycles. The number of rotatable bonds is 4. The van der Waals surface area contributed by atoms with E-state index >= 15 is 0 Å². The van der Waals surface area contributed by atoms with Crippen LogP contribution in [0.5, 0.6) is 0 Å². The highest BCUT2D eigenvalue weighted by Gasteiger charge is 2.07. The van der Waals surface area contributed by atoms with Crippen LogP contribution >= 0.6 is 0 Å². The Bertz CT molecular complexity index is 840. The highest BCUT2D eigenvalue weighted by Crippen LogP contribution is 2.16. The number of carbonyl (C=O) groups is 1. The van der Waals surface area contributed by atoms with Crippen LogP contribution in [0.3, 0.4) is 0 Å². The first kappa shape index (κ1) is 15.9. The Balaban J connectivity index is 1.72. The molecule has 0 unspecified atom stereocenters. The highest BCUT2D eigenvalue weighted by molar-refractivity contribution is 5.94. The first-order chi connectivity index (χ1) is 11.6. The zero-order valence-corrected chi connectivity index (χ0v) is 13.8. The number of hydrogen-bond acceptors (Lipinski definition) is 3. The Morgan fingerprint density at radius 3 is 2.38 bits per heavy atom. The molecule has 0 saturated carbocycles. The minimum atomic E-state index is -0.0657. The van der Waals surface area contributed by atoms with Crippen LogP contribution in [0.1, 0.15) is 27.0 Å². The van der Waals surface area contributed by atoms with Crippen LogP contribution in [-0.4, -0.2) is 15.9 Å². The molecule has 4 nitrogen and oxygen atoms in total. The molecule has 0 saturated heterocycles. The molecule has 120 valence electrons. The first-order valence-electron chi connectivity index (χ1n) is 7.83. The van der Waals surface area contributed by atoms with Crippen LogP contribution in [0.2, 0.25) is 0 Å². The maximum Gasteiger partial charge on any atom is 0.251 e. The zero-order chi connectivity index (χ0) is 16.9. The summed E-state index contributed by atoms with van der Waals surface area (Å²) < 4.78 is 0. The molecule has 3 aromatic rings. The second kappa shape index (κ2) is 7.04. The van der Waals surface area contributed by atoms with Crippen molar-refractivity contribution in [3.8, 4) is 11.3 Å². The van der Waals surface area contributed by atoms with E-state index < -0.39 is 0 Å². The number of benzene rings is 1.